The summed E-state index contributed by atoms with van der Waals surface area (Å²) in [6.07, 6.45) is 13.1. The first-order chi connectivity index (χ1) is 14.6. The second-order valence-corrected chi connectivity index (χ2v) is 7.34. The van der Waals surface area contributed by atoms with Gasteiger partial charge < -0.3 is 21.0 Å². The zero-order valence-corrected chi connectivity index (χ0v) is 20.9. The van der Waals surface area contributed by atoms with E-state index in [2.05, 4.69) is 20.8 Å². The maximum Gasteiger partial charge on any atom is 0.121 e. The van der Waals surface area contributed by atoms with E-state index in [1.807, 2.05) is 33.8 Å². The van der Waals surface area contributed by atoms with Gasteiger partial charge >= 0.3 is 0 Å². The molecule has 1 aliphatic carbocycles. The molecule has 2 unspecified atom stereocenters. The summed E-state index contributed by atoms with van der Waals surface area (Å²) in [7, 11) is 0. The van der Waals surface area contributed by atoms with E-state index >= 15 is 0 Å². The Morgan fingerprint density at radius 2 is 1.90 bits per heavy atom. The molecule has 1 rings (SSSR count). The molecule has 0 bridgehead atoms. The number of rotatable bonds is 13. The Kier molecular flexibility index (Phi) is 21.2. The Morgan fingerprint density at radius 1 is 1.23 bits per heavy atom. The van der Waals surface area contributed by atoms with Gasteiger partial charge in [-0.3, -0.25) is 0 Å². The number of allylic oxidation sites excluding steroid dienone is 4. The number of aliphatic hydroxyl groups excluding tert-OH is 1. The lowest BCUT2D eigenvalue weighted by atomic mass is 9.82. The molecule has 4 N–H and O–H groups in total. The monoisotopic (exact) mass is 422 g/mol. The molecule has 0 amide bonds. The van der Waals surface area contributed by atoms with Crippen LogP contribution in [0.15, 0.2) is 34.8 Å². The van der Waals surface area contributed by atoms with Crippen molar-refractivity contribution in [2.75, 3.05) is 13.2 Å². The fourth-order valence-electron chi connectivity index (χ4n) is 3.33. The van der Waals surface area contributed by atoms with Crippen molar-refractivity contribution < 1.29 is 9.84 Å². The minimum Gasteiger partial charge on any atom is -0.512 e. The van der Waals surface area contributed by atoms with Gasteiger partial charge in [-0.15, -0.1) is 0 Å². The second kappa shape index (κ2) is 20.7. The normalized spacial score (nSPS) is 17.1. The van der Waals surface area contributed by atoms with Crippen molar-refractivity contribution in [3.05, 3.63) is 34.8 Å². The summed E-state index contributed by atoms with van der Waals surface area (Å²) in [5, 5.41) is 18.0. The van der Waals surface area contributed by atoms with Gasteiger partial charge in [0.1, 0.15) is 11.5 Å². The van der Waals surface area contributed by atoms with Gasteiger partial charge in [-0.05, 0) is 69.1 Å². The van der Waals surface area contributed by atoms with Crippen molar-refractivity contribution in [1.29, 1.82) is 5.41 Å². The maximum atomic E-state index is 10.6. The van der Waals surface area contributed by atoms with Crippen LogP contribution < -0.4 is 5.73 Å². The number of unbranched alkanes of at least 4 members (excludes halogenated alkanes) is 2. The van der Waals surface area contributed by atoms with Crippen LogP contribution in [0.5, 0.6) is 0 Å². The highest BCUT2D eigenvalue weighted by atomic mass is 16.5. The Hall–Kier alpha value is -1.55. The van der Waals surface area contributed by atoms with E-state index in [1.165, 1.54) is 11.8 Å². The van der Waals surface area contributed by atoms with Gasteiger partial charge in [0.05, 0.1) is 6.61 Å². The molecule has 176 valence electrons. The molecule has 30 heavy (non-hydrogen) atoms. The van der Waals surface area contributed by atoms with Gasteiger partial charge in [0.15, 0.2) is 0 Å². The fraction of sp³-hybridized carbons (Fsp3) is 0.731. The minimum atomic E-state index is -0.00384. The lowest BCUT2D eigenvalue weighted by molar-refractivity contribution is 0.201. The summed E-state index contributed by atoms with van der Waals surface area (Å²) in [5.74, 6) is 1.79. The van der Waals surface area contributed by atoms with Crippen LogP contribution in [0, 0.1) is 17.2 Å². The summed E-state index contributed by atoms with van der Waals surface area (Å²) in [4.78, 5) is 0. The maximum absolute atomic E-state index is 10.6. The van der Waals surface area contributed by atoms with Crippen molar-refractivity contribution in [1.82, 2.24) is 0 Å². The third-order valence-corrected chi connectivity index (χ3v) is 5.18. The highest BCUT2D eigenvalue weighted by Crippen LogP contribution is 2.36. The summed E-state index contributed by atoms with van der Waals surface area (Å²) in [6.45, 7) is 15.9. The predicted molar refractivity (Wildman–Crippen MR) is 133 cm³/mol. The third kappa shape index (κ3) is 12.2. The van der Waals surface area contributed by atoms with Crippen molar-refractivity contribution >= 4 is 6.21 Å². The van der Waals surface area contributed by atoms with Crippen LogP contribution in [-0.2, 0) is 4.74 Å². The van der Waals surface area contributed by atoms with Crippen molar-refractivity contribution in [3.8, 4) is 0 Å². The highest BCUT2D eigenvalue weighted by Gasteiger charge is 2.26. The average molecular weight is 423 g/mol. The van der Waals surface area contributed by atoms with Gasteiger partial charge in [-0.2, -0.15) is 0 Å². The van der Waals surface area contributed by atoms with Crippen LogP contribution in [0.2, 0.25) is 0 Å². The minimum absolute atomic E-state index is 0.00384. The van der Waals surface area contributed by atoms with Crippen molar-refractivity contribution in [2.24, 2.45) is 17.6 Å². The Bertz CT molecular complexity index is 521. The summed E-state index contributed by atoms with van der Waals surface area (Å²) in [6, 6.07) is 0. The zero-order valence-electron chi connectivity index (χ0n) is 20.9. The van der Waals surface area contributed by atoms with Gasteiger partial charge in [0.2, 0.25) is 0 Å². The number of hydrogen-bond donors (Lipinski definition) is 3. The molecule has 0 heterocycles. The molecule has 2 atom stereocenters. The molecule has 0 fully saturated rings. The van der Waals surface area contributed by atoms with E-state index in [-0.39, 0.29) is 5.92 Å². The predicted octanol–water partition coefficient (Wildman–Crippen LogP) is 7.71. The summed E-state index contributed by atoms with van der Waals surface area (Å²) < 4.78 is 5.99. The molecule has 0 aromatic heterocycles. The number of hydrogen-bond acceptors (Lipinski definition) is 4. The molecule has 0 aromatic carbocycles. The Labute approximate surface area is 187 Å². The van der Waals surface area contributed by atoms with Gasteiger partial charge in [-0.1, -0.05) is 60.5 Å². The van der Waals surface area contributed by atoms with E-state index in [0.717, 1.165) is 69.2 Å². The van der Waals surface area contributed by atoms with Crippen LogP contribution >= 0.6 is 0 Å². The lowest BCUT2D eigenvalue weighted by Gasteiger charge is -2.27. The first-order valence-corrected chi connectivity index (χ1v) is 12.2. The molecule has 0 spiro atoms. The number of nitrogens with one attached hydrogen (secondary N) is 1. The van der Waals surface area contributed by atoms with E-state index in [9.17, 15) is 5.11 Å². The highest BCUT2D eigenvalue weighted by molar-refractivity contribution is 5.69. The standard InChI is InChI=1S/C22H38N2O2.2C2H6/c1-4-6-10-19(11-12-23)20-14-18(5-2)22(15-21(20)25)26-13-8-7-9-17(3)16-24;2*1-2/h11-12,15,17,20,23,25H,4-10,13-14,16,24H2,1-3H3;2*1-2H3/b19-11+,23-12?;;. The zero-order chi connectivity index (χ0) is 23.4. The first-order valence-electron chi connectivity index (χ1n) is 12.2. The van der Waals surface area contributed by atoms with E-state index in [0.29, 0.717) is 18.3 Å². The number of aliphatic hydroxyl groups is 1. The SMILES string of the molecule is CC.CC.CCCC/C(=C\C=N)C1CC(CC)=C(OCCCCC(C)CN)C=C1O. The quantitative estimate of drug-likeness (QED) is 0.210. The van der Waals surface area contributed by atoms with Crippen molar-refractivity contribution in [3.63, 3.8) is 0 Å². The van der Waals surface area contributed by atoms with E-state index in [1.54, 1.807) is 6.08 Å². The molecular formula is C26H50N2O2. The van der Waals surface area contributed by atoms with Crippen LogP contribution in [0.3, 0.4) is 0 Å². The van der Waals surface area contributed by atoms with Gasteiger partial charge in [0, 0.05) is 18.2 Å². The van der Waals surface area contributed by atoms with Crippen molar-refractivity contribution in [2.45, 2.75) is 99.8 Å². The topological polar surface area (TPSA) is 79.3 Å². The number of ether oxygens (including phenoxy) is 1. The van der Waals surface area contributed by atoms with Crippen LogP contribution in [-0.4, -0.2) is 24.5 Å². The summed E-state index contributed by atoms with van der Waals surface area (Å²) >= 11 is 0. The Morgan fingerprint density at radius 3 is 2.43 bits per heavy atom. The molecule has 0 saturated heterocycles. The molecule has 4 heteroatoms. The lowest BCUT2D eigenvalue weighted by Crippen LogP contribution is -2.16. The molecule has 0 saturated carbocycles. The molecule has 1 aliphatic rings. The van der Waals surface area contributed by atoms with Gasteiger partial charge in [0.25, 0.3) is 0 Å². The molecule has 0 aliphatic heterocycles. The Balaban J connectivity index is 0. The molecule has 4 nitrogen and oxygen atoms in total. The van der Waals surface area contributed by atoms with E-state index < -0.39 is 0 Å². The van der Waals surface area contributed by atoms with Gasteiger partial charge in [-0.25, -0.2) is 0 Å². The van der Waals surface area contributed by atoms with E-state index in [4.69, 9.17) is 15.9 Å². The molecule has 0 radical (unpaired) electrons. The largest absolute Gasteiger partial charge is 0.512 e. The first kappa shape index (κ1) is 30.6. The van der Waals surface area contributed by atoms with Crippen LogP contribution in [0.25, 0.3) is 0 Å². The number of nitrogens with two attached hydrogens (primary N) is 1. The average Bonchev–Trinajstić information content (AvgIpc) is 2.79. The fourth-order valence-corrected chi connectivity index (χ4v) is 3.33. The van der Waals surface area contributed by atoms with Crippen LogP contribution in [0.1, 0.15) is 99.8 Å². The molecular weight excluding hydrogens is 372 g/mol. The van der Waals surface area contributed by atoms with Crippen LogP contribution in [0.4, 0.5) is 0 Å². The second-order valence-electron chi connectivity index (χ2n) is 7.34. The third-order valence-electron chi connectivity index (χ3n) is 5.18. The molecule has 0 aromatic rings. The summed E-state index contributed by atoms with van der Waals surface area (Å²) in [5.41, 5.74) is 8.06. The smallest absolute Gasteiger partial charge is 0.121 e.